The number of oxime groups is 1. The van der Waals surface area contributed by atoms with Crippen molar-refractivity contribution >= 4 is 20.6 Å². The van der Waals surface area contributed by atoms with E-state index in [-0.39, 0.29) is 0 Å². The van der Waals surface area contributed by atoms with Gasteiger partial charge in [0.05, 0.1) is 7.11 Å². The van der Waals surface area contributed by atoms with Crippen molar-refractivity contribution in [2.24, 2.45) is 11.1 Å². The first-order valence-corrected chi connectivity index (χ1v) is 5.47. The molecule has 1 aromatic carbocycles. The molecule has 2 rings (SSSR count). The maximum Gasteiger partial charge on any atom is 0.128 e. The molecule has 15 heavy (non-hydrogen) atoms. The third kappa shape index (κ3) is 4.34. The van der Waals surface area contributed by atoms with E-state index in [0.717, 1.165) is 17.0 Å². The summed E-state index contributed by atoms with van der Waals surface area (Å²) < 4.78 is 5.84. The van der Waals surface area contributed by atoms with Gasteiger partial charge < -0.3 is 9.57 Å². The molecule has 1 aliphatic rings. The number of halogens is 1. The largest absolute Gasteiger partial charge is 0.497 e. The summed E-state index contributed by atoms with van der Waals surface area (Å²) in [6, 6.07) is 9.68. The molecule has 0 bridgehead atoms. The lowest BCUT2D eigenvalue weighted by atomic mass is 10.2. The maximum atomic E-state index is 4.91. The lowest BCUT2D eigenvalue weighted by Gasteiger charge is -1.93. The topological polar surface area (TPSA) is 30.8 Å². The highest BCUT2D eigenvalue weighted by atomic mass is 79.9. The van der Waals surface area contributed by atoms with Crippen LogP contribution in [-0.4, -0.2) is 18.3 Å². The summed E-state index contributed by atoms with van der Waals surface area (Å²) >= 11 is 3.23. The highest BCUT2D eigenvalue weighted by Gasteiger charge is 2.13. The minimum Gasteiger partial charge on any atom is -0.497 e. The summed E-state index contributed by atoms with van der Waals surface area (Å²) in [5.74, 6) is 1.37. The van der Waals surface area contributed by atoms with Crippen molar-refractivity contribution in [1.29, 1.82) is 0 Å². The van der Waals surface area contributed by atoms with Gasteiger partial charge in [-0.15, -0.1) is 0 Å². The van der Waals surface area contributed by atoms with Crippen molar-refractivity contribution in [3.05, 3.63) is 30.3 Å². The molecule has 1 heterocycles. The molecule has 0 fully saturated rings. The van der Waals surface area contributed by atoms with Crippen LogP contribution in [-0.2, 0) is 4.84 Å². The molecule has 82 valence electrons. The van der Waals surface area contributed by atoms with E-state index < -0.39 is 0 Å². The molecule has 0 aromatic heterocycles. The van der Waals surface area contributed by atoms with E-state index in [0.29, 0.717) is 5.92 Å². The van der Waals surface area contributed by atoms with E-state index >= 15 is 0 Å². The molecule has 0 saturated heterocycles. The predicted octanol–water partition coefficient (Wildman–Crippen LogP) is 3.06. The van der Waals surface area contributed by atoms with Crippen LogP contribution in [0.25, 0.3) is 0 Å². The molecule has 0 saturated carbocycles. The summed E-state index contributed by atoms with van der Waals surface area (Å²) in [5, 5.41) is 3.65. The maximum absolute atomic E-state index is 4.91. The average molecular weight is 272 g/mol. The van der Waals surface area contributed by atoms with E-state index in [1.807, 2.05) is 30.3 Å². The average Bonchev–Trinajstić information content (AvgIpc) is 2.65. The molecule has 0 aliphatic carbocycles. The minimum atomic E-state index is 0.458. The number of methoxy groups -OCH3 is 1. The summed E-state index contributed by atoms with van der Waals surface area (Å²) in [6.07, 6.45) is 0. The number of para-hydroxylation sites is 1. The molecule has 3 nitrogen and oxygen atoms in total. The zero-order valence-electron chi connectivity index (χ0n) is 8.81. The summed E-state index contributed by atoms with van der Waals surface area (Å²) in [7, 11) is 1.66. The van der Waals surface area contributed by atoms with Crippen LogP contribution in [0.4, 0.5) is 0 Å². The van der Waals surface area contributed by atoms with Crippen LogP contribution in [0, 0.1) is 5.92 Å². The van der Waals surface area contributed by atoms with Gasteiger partial charge in [-0.1, -0.05) is 30.3 Å². The van der Waals surface area contributed by atoms with Gasteiger partial charge in [-0.2, -0.15) is 0 Å². The second kappa shape index (κ2) is 6.45. The second-order valence-electron chi connectivity index (χ2n) is 3.13. The first kappa shape index (κ1) is 12.0. The van der Waals surface area contributed by atoms with Crippen LogP contribution < -0.4 is 4.74 Å². The lowest BCUT2D eigenvalue weighted by Crippen LogP contribution is -1.99. The number of benzene rings is 1. The molecule has 4 heteroatoms. The van der Waals surface area contributed by atoms with E-state index in [9.17, 15) is 0 Å². The van der Waals surface area contributed by atoms with E-state index in [1.165, 1.54) is 0 Å². The predicted molar refractivity (Wildman–Crippen MR) is 64.5 cm³/mol. The van der Waals surface area contributed by atoms with Crippen molar-refractivity contribution in [1.82, 2.24) is 0 Å². The minimum absolute atomic E-state index is 0.458. The normalized spacial score (nSPS) is 18.3. The van der Waals surface area contributed by atoms with Crippen LogP contribution in [0.5, 0.6) is 5.75 Å². The van der Waals surface area contributed by atoms with Crippen LogP contribution in [0.1, 0.15) is 6.92 Å². The van der Waals surface area contributed by atoms with Gasteiger partial charge in [-0.05, 0) is 28.1 Å². The molecule has 1 aliphatic heterocycles. The van der Waals surface area contributed by atoms with Gasteiger partial charge in [0.1, 0.15) is 17.0 Å². The van der Waals surface area contributed by atoms with Crippen molar-refractivity contribution in [2.45, 2.75) is 6.92 Å². The van der Waals surface area contributed by atoms with Crippen LogP contribution >= 0.6 is 15.9 Å². The molecule has 0 spiro atoms. The summed E-state index contributed by atoms with van der Waals surface area (Å²) in [6.45, 7) is 2.78. The fourth-order valence-electron chi connectivity index (χ4n) is 0.926. The zero-order valence-corrected chi connectivity index (χ0v) is 10.4. The number of hydrogen-bond donors (Lipinski definition) is 0. The third-order valence-corrected chi connectivity index (χ3v) is 2.79. The Hall–Kier alpha value is -1.03. The summed E-state index contributed by atoms with van der Waals surface area (Å²) in [4.78, 5) is 4.71. The molecular weight excluding hydrogens is 258 g/mol. The van der Waals surface area contributed by atoms with Crippen LogP contribution in [0.15, 0.2) is 35.5 Å². The Balaban J connectivity index is 0.000000151. The van der Waals surface area contributed by atoms with Gasteiger partial charge in [0.15, 0.2) is 0 Å². The molecule has 0 amide bonds. The monoisotopic (exact) mass is 271 g/mol. The van der Waals surface area contributed by atoms with Crippen molar-refractivity contribution < 1.29 is 9.57 Å². The van der Waals surface area contributed by atoms with Gasteiger partial charge >= 0.3 is 0 Å². The van der Waals surface area contributed by atoms with Crippen molar-refractivity contribution in [3.8, 4) is 5.75 Å². The number of nitrogens with zero attached hydrogens (tertiary/aromatic N) is 1. The van der Waals surface area contributed by atoms with Gasteiger partial charge in [-0.25, -0.2) is 0 Å². The van der Waals surface area contributed by atoms with E-state index in [1.54, 1.807) is 7.11 Å². The van der Waals surface area contributed by atoms with Gasteiger partial charge in [0, 0.05) is 5.92 Å². The molecule has 1 aromatic rings. The number of rotatable bonds is 1. The molecule has 1 unspecified atom stereocenters. The smallest absolute Gasteiger partial charge is 0.128 e. The van der Waals surface area contributed by atoms with Gasteiger partial charge in [-0.3, -0.25) is 0 Å². The molecule has 1 atom stereocenters. The Labute approximate surface area is 98.2 Å². The second-order valence-corrected chi connectivity index (χ2v) is 3.94. The van der Waals surface area contributed by atoms with E-state index in [4.69, 9.17) is 9.57 Å². The molecular formula is C11H14BrNO2. The Bertz CT molecular complexity index is 314. The van der Waals surface area contributed by atoms with Gasteiger partial charge in [0.2, 0.25) is 0 Å². The highest BCUT2D eigenvalue weighted by Crippen LogP contribution is 2.12. The summed E-state index contributed by atoms with van der Waals surface area (Å²) in [5.41, 5.74) is 0. The molecule has 0 radical (unpaired) electrons. The quantitative estimate of drug-likeness (QED) is 0.786. The van der Waals surface area contributed by atoms with Crippen LogP contribution in [0.3, 0.4) is 0 Å². The highest BCUT2D eigenvalue weighted by molar-refractivity contribution is 9.18. The first-order chi connectivity index (χ1) is 7.24. The SMILES string of the molecule is CC1CON=C1Br.COc1ccccc1. The zero-order chi connectivity index (χ0) is 11.1. The van der Waals surface area contributed by atoms with Crippen molar-refractivity contribution in [3.63, 3.8) is 0 Å². The molecule has 0 N–H and O–H groups in total. The van der Waals surface area contributed by atoms with Crippen molar-refractivity contribution in [2.75, 3.05) is 13.7 Å². The number of ether oxygens (including phenoxy) is 1. The fourth-order valence-corrected chi connectivity index (χ4v) is 1.16. The Kier molecular flexibility index (Phi) is 5.18. The third-order valence-electron chi connectivity index (χ3n) is 1.86. The van der Waals surface area contributed by atoms with Crippen LogP contribution in [0.2, 0.25) is 0 Å². The Morgan fingerprint density at radius 3 is 2.33 bits per heavy atom. The fraction of sp³-hybridized carbons (Fsp3) is 0.364. The Morgan fingerprint density at radius 2 is 2.07 bits per heavy atom. The standard InChI is InChI=1S/C7H8O.C4H6BrNO/c1-8-7-5-3-2-4-6-7;1-3-2-7-6-4(3)5/h2-6H,1H3;3H,2H2,1H3. The number of hydrogen-bond acceptors (Lipinski definition) is 3. The Morgan fingerprint density at radius 1 is 1.40 bits per heavy atom. The first-order valence-electron chi connectivity index (χ1n) is 4.68. The lowest BCUT2D eigenvalue weighted by molar-refractivity contribution is 0.158. The van der Waals surface area contributed by atoms with E-state index in [2.05, 4.69) is 28.0 Å². The van der Waals surface area contributed by atoms with Gasteiger partial charge in [0.25, 0.3) is 0 Å².